The molecule has 0 bridgehead atoms. The number of rotatable bonds is 6. The number of furan rings is 1. The fraction of sp³-hybridized carbons (Fsp3) is 0.414. The average Bonchev–Trinajstić information content (AvgIpc) is 3.63. The highest BCUT2D eigenvalue weighted by atomic mass is 16.5. The van der Waals surface area contributed by atoms with Gasteiger partial charge in [-0.2, -0.15) is 0 Å². The summed E-state index contributed by atoms with van der Waals surface area (Å²) in [6.07, 6.45) is 4.42. The minimum absolute atomic E-state index is 0.108. The van der Waals surface area contributed by atoms with Gasteiger partial charge < -0.3 is 19.2 Å². The van der Waals surface area contributed by atoms with E-state index in [0.717, 1.165) is 56.8 Å². The lowest BCUT2D eigenvalue weighted by Crippen LogP contribution is -2.50. The molecule has 6 nitrogen and oxygen atoms in total. The summed E-state index contributed by atoms with van der Waals surface area (Å²) in [4.78, 5) is 15.5. The second-order valence-electron chi connectivity index (χ2n) is 9.86. The Balaban J connectivity index is 1.23. The van der Waals surface area contributed by atoms with E-state index in [1.165, 1.54) is 23.0 Å². The average molecular weight is 473 g/mol. The van der Waals surface area contributed by atoms with Crippen LogP contribution in [0.15, 0.2) is 65.3 Å². The highest BCUT2D eigenvalue weighted by Gasteiger charge is 2.54. The van der Waals surface area contributed by atoms with Gasteiger partial charge in [0.2, 0.25) is 0 Å². The number of carbonyl (C=O) groups excluding carboxylic acids is 1. The Hall–Kier alpha value is -3.09. The summed E-state index contributed by atoms with van der Waals surface area (Å²) in [5.41, 5.74) is 5.04. The van der Waals surface area contributed by atoms with Gasteiger partial charge in [-0.3, -0.25) is 9.69 Å². The Morgan fingerprint density at radius 2 is 2.00 bits per heavy atom. The second-order valence-corrected chi connectivity index (χ2v) is 9.86. The molecule has 1 aliphatic carbocycles. The number of piperidine rings is 1. The van der Waals surface area contributed by atoms with Crippen LogP contribution in [0, 0.1) is 0 Å². The maximum atomic E-state index is 13.0. The maximum absolute atomic E-state index is 13.0. The molecular weight excluding hydrogens is 440 g/mol. The lowest BCUT2D eigenvalue weighted by atomic mass is 9.71. The first-order valence-electron chi connectivity index (χ1n) is 12.7. The monoisotopic (exact) mass is 472 g/mol. The van der Waals surface area contributed by atoms with E-state index in [4.69, 9.17) is 13.9 Å². The molecule has 1 spiro atoms. The number of amides is 1. The first-order valence-corrected chi connectivity index (χ1v) is 12.7. The van der Waals surface area contributed by atoms with Crippen molar-refractivity contribution in [3.8, 4) is 5.75 Å². The Morgan fingerprint density at radius 1 is 1.14 bits per heavy atom. The molecule has 1 N–H and O–H groups in total. The molecule has 6 rings (SSSR count). The van der Waals surface area contributed by atoms with Crippen molar-refractivity contribution in [2.75, 3.05) is 26.3 Å². The summed E-state index contributed by atoms with van der Waals surface area (Å²) >= 11 is 0. The van der Waals surface area contributed by atoms with Gasteiger partial charge >= 0.3 is 0 Å². The molecule has 6 heteroatoms. The predicted octanol–water partition coefficient (Wildman–Crippen LogP) is 4.64. The molecule has 1 fully saturated rings. The molecular formula is C29H32N2O4. The third-order valence-corrected chi connectivity index (χ3v) is 7.97. The van der Waals surface area contributed by atoms with Crippen LogP contribution in [0.1, 0.15) is 58.6 Å². The summed E-state index contributed by atoms with van der Waals surface area (Å²) < 4.78 is 17.5. The summed E-state index contributed by atoms with van der Waals surface area (Å²) in [6, 6.07) is 18.4. The number of benzene rings is 2. The van der Waals surface area contributed by atoms with Gasteiger partial charge in [-0.1, -0.05) is 36.4 Å². The lowest BCUT2D eigenvalue weighted by Gasteiger charge is -2.44. The second kappa shape index (κ2) is 9.17. The quantitative estimate of drug-likeness (QED) is 0.566. The van der Waals surface area contributed by atoms with E-state index in [9.17, 15) is 4.79 Å². The number of fused-ring (bicyclic) bond motifs is 3. The van der Waals surface area contributed by atoms with Crippen molar-refractivity contribution in [3.63, 3.8) is 0 Å². The fourth-order valence-electron chi connectivity index (χ4n) is 6.33. The van der Waals surface area contributed by atoms with Crippen LogP contribution in [0.25, 0.3) is 0 Å². The van der Waals surface area contributed by atoms with Gasteiger partial charge in [0.15, 0.2) is 5.76 Å². The zero-order valence-corrected chi connectivity index (χ0v) is 20.2. The normalized spacial score (nSPS) is 22.5. The van der Waals surface area contributed by atoms with Gasteiger partial charge in [-0.05, 0) is 73.3 Å². The molecule has 0 unspecified atom stereocenters. The largest absolute Gasteiger partial charge is 0.493 e. The van der Waals surface area contributed by atoms with Gasteiger partial charge in [-0.15, -0.1) is 0 Å². The van der Waals surface area contributed by atoms with E-state index in [-0.39, 0.29) is 23.5 Å². The molecule has 0 radical (unpaired) electrons. The number of nitrogens with one attached hydrogen (secondary N) is 1. The number of likely N-dealkylation sites (tertiary alicyclic amines) is 1. The number of carbonyl (C=O) groups is 1. The molecule has 1 amide bonds. The van der Waals surface area contributed by atoms with E-state index in [1.54, 1.807) is 12.1 Å². The van der Waals surface area contributed by atoms with Gasteiger partial charge in [-0.25, -0.2) is 0 Å². The number of ether oxygens (including phenoxy) is 2. The summed E-state index contributed by atoms with van der Waals surface area (Å²) in [5, 5.41) is 3.24. The van der Waals surface area contributed by atoms with E-state index >= 15 is 0 Å². The molecule has 3 aliphatic rings. The summed E-state index contributed by atoms with van der Waals surface area (Å²) in [7, 11) is 0. The van der Waals surface area contributed by atoms with Gasteiger partial charge in [0, 0.05) is 25.0 Å². The van der Waals surface area contributed by atoms with Crippen LogP contribution in [0.2, 0.25) is 0 Å². The first-order chi connectivity index (χ1) is 17.2. The minimum Gasteiger partial charge on any atom is -0.493 e. The van der Waals surface area contributed by atoms with Gasteiger partial charge in [0.1, 0.15) is 5.75 Å². The van der Waals surface area contributed by atoms with Crippen LogP contribution in [-0.2, 0) is 23.1 Å². The van der Waals surface area contributed by atoms with Crippen molar-refractivity contribution in [1.82, 2.24) is 10.2 Å². The first kappa shape index (κ1) is 22.4. The maximum Gasteiger partial charge on any atom is 0.287 e. The van der Waals surface area contributed by atoms with Crippen molar-refractivity contribution in [2.24, 2.45) is 0 Å². The van der Waals surface area contributed by atoms with Crippen LogP contribution < -0.4 is 10.1 Å². The lowest BCUT2D eigenvalue weighted by molar-refractivity contribution is -0.0336. The summed E-state index contributed by atoms with van der Waals surface area (Å²) in [5.74, 6) is 1.17. The molecule has 1 saturated heterocycles. The van der Waals surface area contributed by atoms with Crippen molar-refractivity contribution >= 4 is 5.91 Å². The molecule has 3 heterocycles. The Morgan fingerprint density at radius 3 is 2.80 bits per heavy atom. The summed E-state index contributed by atoms with van der Waals surface area (Å²) in [6.45, 7) is 6.36. The topological polar surface area (TPSA) is 63.9 Å². The minimum atomic E-state index is -0.202. The third kappa shape index (κ3) is 3.95. The van der Waals surface area contributed by atoms with Crippen molar-refractivity contribution in [3.05, 3.63) is 88.9 Å². The highest BCUT2D eigenvalue weighted by Crippen LogP contribution is 2.52. The number of hydrogen-bond donors (Lipinski definition) is 1. The smallest absolute Gasteiger partial charge is 0.287 e. The van der Waals surface area contributed by atoms with E-state index in [1.807, 2.05) is 6.92 Å². The highest BCUT2D eigenvalue weighted by molar-refractivity contribution is 5.91. The standard InChI is InChI=1S/C29H32N2O4/c1-2-33-27-26(30-28(32)25-8-5-16-34-25)22-6-3-4-7-23(22)29(27)12-14-31(15-13-29)19-20-9-10-24-21(18-20)11-17-35-24/h3-10,16,18,26-27H,2,11-15,17,19H2,1H3,(H,30,32)/t26-,27+/m0/s1. The van der Waals surface area contributed by atoms with E-state index < -0.39 is 0 Å². The number of nitrogens with zero attached hydrogens (tertiary/aromatic N) is 1. The zero-order valence-electron chi connectivity index (χ0n) is 20.2. The Labute approximate surface area is 206 Å². The van der Waals surface area contributed by atoms with E-state index in [0.29, 0.717) is 12.4 Å². The molecule has 0 saturated carbocycles. The SMILES string of the molecule is CCO[C@@H]1[C@@H](NC(=O)c2ccco2)c2ccccc2C12CCN(Cc1ccc3c(c1)CCO3)CC2. The van der Waals surface area contributed by atoms with E-state index in [2.05, 4.69) is 52.7 Å². The molecule has 1 aromatic heterocycles. The van der Waals surface area contributed by atoms with Crippen LogP contribution in [0.5, 0.6) is 5.75 Å². The molecule has 35 heavy (non-hydrogen) atoms. The van der Waals surface area contributed by atoms with Crippen LogP contribution >= 0.6 is 0 Å². The molecule has 2 aliphatic heterocycles. The van der Waals surface area contributed by atoms with Gasteiger partial charge in [0.25, 0.3) is 5.91 Å². The molecule has 2 aromatic carbocycles. The van der Waals surface area contributed by atoms with Crippen LogP contribution in [0.4, 0.5) is 0 Å². The van der Waals surface area contributed by atoms with Crippen LogP contribution in [-0.4, -0.2) is 43.2 Å². The third-order valence-electron chi connectivity index (χ3n) is 7.97. The number of hydrogen-bond acceptors (Lipinski definition) is 5. The zero-order chi connectivity index (χ0) is 23.8. The van der Waals surface area contributed by atoms with Crippen molar-refractivity contribution in [2.45, 2.75) is 50.3 Å². The Kier molecular flexibility index (Phi) is 5.86. The molecule has 2 atom stereocenters. The fourth-order valence-corrected chi connectivity index (χ4v) is 6.33. The van der Waals surface area contributed by atoms with Crippen molar-refractivity contribution < 1.29 is 18.7 Å². The van der Waals surface area contributed by atoms with Crippen LogP contribution in [0.3, 0.4) is 0 Å². The molecule has 182 valence electrons. The Bertz CT molecular complexity index is 1200. The molecule has 3 aromatic rings. The predicted molar refractivity (Wildman–Crippen MR) is 133 cm³/mol. The van der Waals surface area contributed by atoms with Gasteiger partial charge in [0.05, 0.1) is 25.0 Å². The van der Waals surface area contributed by atoms with Crippen molar-refractivity contribution in [1.29, 1.82) is 0 Å².